The SMILES string of the molecule is CCc1noc(CC)c1CNC(=NC)NCc1cccc(COC(C)C)c1.I. The van der Waals surface area contributed by atoms with Gasteiger partial charge in [-0.15, -0.1) is 24.0 Å². The number of hydrogen-bond donors (Lipinski definition) is 2. The molecule has 0 spiro atoms. The highest BCUT2D eigenvalue weighted by Crippen LogP contribution is 2.15. The summed E-state index contributed by atoms with van der Waals surface area (Å²) in [6.45, 7) is 10.2. The van der Waals surface area contributed by atoms with E-state index in [9.17, 15) is 0 Å². The normalized spacial score (nSPS) is 11.4. The average Bonchev–Trinajstić information content (AvgIpc) is 3.09. The lowest BCUT2D eigenvalue weighted by molar-refractivity contribution is 0.0657. The van der Waals surface area contributed by atoms with Crippen molar-refractivity contribution in [2.75, 3.05) is 7.05 Å². The van der Waals surface area contributed by atoms with Crippen molar-refractivity contribution in [1.29, 1.82) is 0 Å². The lowest BCUT2D eigenvalue weighted by atomic mass is 10.1. The molecule has 0 radical (unpaired) electrons. The van der Waals surface area contributed by atoms with E-state index in [0.29, 0.717) is 19.7 Å². The number of rotatable bonds is 9. The zero-order valence-electron chi connectivity index (χ0n) is 17.5. The van der Waals surface area contributed by atoms with Crippen LogP contribution in [-0.2, 0) is 37.3 Å². The summed E-state index contributed by atoms with van der Waals surface area (Å²) in [6.07, 6.45) is 1.92. The van der Waals surface area contributed by atoms with Crippen LogP contribution in [0.2, 0.25) is 0 Å². The number of benzene rings is 1. The molecule has 2 rings (SSSR count). The van der Waals surface area contributed by atoms with E-state index in [-0.39, 0.29) is 30.1 Å². The minimum Gasteiger partial charge on any atom is -0.374 e. The first-order chi connectivity index (χ1) is 13.1. The lowest BCUT2D eigenvalue weighted by Gasteiger charge is -2.13. The van der Waals surface area contributed by atoms with Crippen molar-refractivity contribution < 1.29 is 9.26 Å². The van der Waals surface area contributed by atoms with Crippen LogP contribution >= 0.6 is 24.0 Å². The lowest BCUT2D eigenvalue weighted by Crippen LogP contribution is -2.36. The number of nitrogens with zero attached hydrogens (tertiary/aromatic N) is 2. The quantitative estimate of drug-likeness (QED) is 0.307. The van der Waals surface area contributed by atoms with Gasteiger partial charge in [0.25, 0.3) is 0 Å². The van der Waals surface area contributed by atoms with Crippen LogP contribution in [0, 0.1) is 0 Å². The Kier molecular flexibility index (Phi) is 11.1. The molecule has 0 bridgehead atoms. The molecule has 156 valence electrons. The fourth-order valence-corrected chi connectivity index (χ4v) is 2.81. The minimum absolute atomic E-state index is 0. The number of aliphatic imine (C=N–C) groups is 1. The van der Waals surface area contributed by atoms with E-state index in [0.717, 1.165) is 35.8 Å². The van der Waals surface area contributed by atoms with Gasteiger partial charge in [-0.25, -0.2) is 0 Å². The molecule has 0 amide bonds. The molecule has 0 atom stereocenters. The third kappa shape index (κ3) is 7.43. The number of aryl methyl sites for hydroxylation is 2. The standard InChI is InChI=1S/C21H32N4O2.HI/c1-6-19-18(20(7-2)27-25-19)13-24-21(22-5)23-12-16-9-8-10-17(11-16)14-26-15(3)4;/h8-11,15H,6-7,12-14H2,1-5H3,(H2,22,23,24);1H. The molecular formula is C21H33IN4O2. The Morgan fingerprint density at radius 1 is 1.14 bits per heavy atom. The zero-order chi connectivity index (χ0) is 19.6. The van der Waals surface area contributed by atoms with Gasteiger partial charge in [0.2, 0.25) is 0 Å². The fourth-order valence-electron chi connectivity index (χ4n) is 2.81. The van der Waals surface area contributed by atoms with Gasteiger partial charge in [-0.05, 0) is 31.4 Å². The summed E-state index contributed by atoms with van der Waals surface area (Å²) in [4.78, 5) is 4.31. The number of hydrogen-bond acceptors (Lipinski definition) is 4. The van der Waals surface area contributed by atoms with Gasteiger partial charge in [0, 0.05) is 32.1 Å². The van der Waals surface area contributed by atoms with Crippen LogP contribution in [0.15, 0.2) is 33.8 Å². The summed E-state index contributed by atoms with van der Waals surface area (Å²) in [5.74, 6) is 1.69. The highest BCUT2D eigenvalue weighted by molar-refractivity contribution is 14.0. The van der Waals surface area contributed by atoms with Crippen LogP contribution in [0.1, 0.15) is 55.8 Å². The number of ether oxygens (including phenoxy) is 1. The van der Waals surface area contributed by atoms with Gasteiger partial charge in [0.15, 0.2) is 5.96 Å². The summed E-state index contributed by atoms with van der Waals surface area (Å²) < 4.78 is 11.1. The maximum absolute atomic E-state index is 5.68. The fraction of sp³-hybridized carbons (Fsp3) is 0.524. The van der Waals surface area contributed by atoms with Gasteiger partial charge in [0.1, 0.15) is 5.76 Å². The molecule has 6 nitrogen and oxygen atoms in total. The maximum Gasteiger partial charge on any atom is 0.191 e. The van der Waals surface area contributed by atoms with Crippen molar-refractivity contribution in [3.05, 3.63) is 52.4 Å². The minimum atomic E-state index is 0. The Morgan fingerprint density at radius 3 is 2.50 bits per heavy atom. The second kappa shape index (κ2) is 12.8. The first kappa shape index (κ1) is 24.4. The Morgan fingerprint density at radius 2 is 1.86 bits per heavy atom. The van der Waals surface area contributed by atoms with Crippen LogP contribution in [0.3, 0.4) is 0 Å². The van der Waals surface area contributed by atoms with Crippen LogP contribution in [-0.4, -0.2) is 24.3 Å². The second-order valence-corrected chi connectivity index (χ2v) is 6.70. The first-order valence-corrected chi connectivity index (χ1v) is 9.67. The van der Waals surface area contributed by atoms with E-state index in [4.69, 9.17) is 9.26 Å². The Labute approximate surface area is 185 Å². The molecule has 0 saturated carbocycles. The predicted molar refractivity (Wildman–Crippen MR) is 124 cm³/mol. The Balaban J connectivity index is 0.00000392. The van der Waals surface area contributed by atoms with E-state index >= 15 is 0 Å². The molecule has 0 aliphatic rings. The summed E-state index contributed by atoms with van der Waals surface area (Å²) in [5, 5.41) is 10.9. The van der Waals surface area contributed by atoms with Crippen LogP contribution in [0.5, 0.6) is 0 Å². The molecule has 0 saturated heterocycles. The van der Waals surface area contributed by atoms with E-state index in [2.05, 4.69) is 58.9 Å². The summed E-state index contributed by atoms with van der Waals surface area (Å²) >= 11 is 0. The number of guanidine groups is 1. The van der Waals surface area contributed by atoms with E-state index in [1.54, 1.807) is 7.05 Å². The second-order valence-electron chi connectivity index (χ2n) is 6.70. The van der Waals surface area contributed by atoms with Gasteiger partial charge in [-0.2, -0.15) is 0 Å². The van der Waals surface area contributed by atoms with Gasteiger partial charge >= 0.3 is 0 Å². The van der Waals surface area contributed by atoms with Crippen LogP contribution in [0.25, 0.3) is 0 Å². The Bertz CT molecular complexity index is 722. The third-order valence-electron chi connectivity index (χ3n) is 4.30. The maximum atomic E-state index is 5.68. The molecule has 0 fully saturated rings. The van der Waals surface area contributed by atoms with E-state index in [1.165, 1.54) is 11.1 Å². The van der Waals surface area contributed by atoms with Gasteiger partial charge < -0.3 is 19.9 Å². The molecule has 1 heterocycles. The van der Waals surface area contributed by atoms with E-state index in [1.807, 2.05) is 13.8 Å². The largest absolute Gasteiger partial charge is 0.374 e. The zero-order valence-corrected chi connectivity index (χ0v) is 19.9. The van der Waals surface area contributed by atoms with Gasteiger partial charge in [0.05, 0.1) is 18.4 Å². The summed E-state index contributed by atoms with van der Waals surface area (Å²) in [6, 6.07) is 8.41. The first-order valence-electron chi connectivity index (χ1n) is 9.67. The topological polar surface area (TPSA) is 71.7 Å². The number of aromatic nitrogens is 1. The van der Waals surface area contributed by atoms with Crippen molar-refractivity contribution in [1.82, 2.24) is 15.8 Å². The van der Waals surface area contributed by atoms with Gasteiger partial charge in [-0.1, -0.05) is 43.3 Å². The predicted octanol–water partition coefficient (Wildman–Crippen LogP) is 4.21. The molecular weight excluding hydrogens is 467 g/mol. The monoisotopic (exact) mass is 500 g/mol. The van der Waals surface area contributed by atoms with Crippen molar-refractivity contribution in [2.45, 2.75) is 66.3 Å². The van der Waals surface area contributed by atoms with Crippen LogP contribution in [0.4, 0.5) is 0 Å². The highest BCUT2D eigenvalue weighted by atomic mass is 127. The van der Waals surface area contributed by atoms with Crippen molar-refractivity contribution >= 4 is 29.9 Å². The highest BCUT2D eigenvalue weighted by Gasteiger charge is 2.13. The molecule has 1 aromatic carbocycles. The molecule has 7 heteroatoms. The molecule has 28 heavy (non-hydrogen) atoms. The molecule has 0 aliphatic carbocycles. The van der Waals surface area contributed by atoms with Gasteiger partial charge in [-0.3, -0.25) is 4.99 Å². The molecule has 0 aliphatic heterocycles. The molecule has 1 aromatic heterocycles. The smallest absolute Gasteiger partial charge is 0.191 e. The molecule has 2 N–H and O–H groups in total. The number of halogens is 1. The number of nitrogens with one attached hydrogen (secondary N) is 2. The molecule has 2 aromatic rings. The average molecular weight is 500 g/mol. The summed E-state index contributed by atoms with van der Waals surface area (Å²) in [5.41, 5.74) is 4.51. The van der Waals surface area contributed by atoms with Crippen molar-refractivity contribution in [2.24, 2.45) is 4.99 Å². The van der Waals surface area contributed by atoms with Crippen molar-refractivity contribution in [3.63, 3.8) is 0 Å². The van der Waals surface area contributed by atoms with Crippen LogP contribution < -0.4 is 10.6 Å². The van der Waals surface area contributed by atoms with Crippen molar-refractivity contribution in [3.8, 4) is 0 Å². The Hall–Kier alpha value is -1.61. The summed E-state index contributed by atoms with van der Waals surface area (Å²) in [7, 11) is 1.78. The van der Waals surface area contributed by atoms with E-state index < -0.39 is 0 Å². The third-order valence-corrected chi connectivity index (χ3v) is 4.30. The molecule has 0 unspecified atom stereocenters.